The number of benzene rings is 1. The zero-order valence-corrected chi connectivity index (χ0v) is 12.6. The van der Waals surface area contributed by atoms with Crippen molar-refractivity contribution in [3.63, 3.8) is 0 Å². The molecule has 2 rings (SSSR count). The molecule has 0 saturated heterocycles. The van der Waals surface area contributed by atoms with Gasteiger partial charge in [0.1, 0.15) is 11.5 Å². The summed E-state index contributed by atoms with van der Waals surface area (Å²) in [7, 11) is 1.68. The van der Waals surface area contributed by atoms with Gasteiger partial charge < -0.3 is 5.32 Å². The largest absolute Gasteiger partial charge is 0.351 e. The van der Waals surface area contributed by atoms with Crippen molar-refractivity contribution in [2.75, 3.05) is 6.54 Å². The number of hydrogen-bond acceptors (Lipinski definition) is 2. The Kier molecular flexibility index (Phi) is 4.73. The SMILES string of the molecule is CC(C)CCNC(=O)c1cc(-c2ccccc2F)nn1C. The Balaban J connectivity index is 2.16. The lowest BCUT2D eigenvalue weighted by atomic mass is 10.1. The van der Waals surface area contributed by atoms with E-state index in [-0.39, 0.29) is 11.7 Å². The first-order chi connectivity index (χ1) is 9.99. The van der Waals surface area contributed by atoms with Gasteiger partial charge >= 0.3 is 0 Å². The van der Waals surface area contributed by atoms with Gasteiger partial charge in [-0.15, -0.1) is 0 Å². The van der Waals surface area contributed by atoms with Gasteiger partial charge in [-0.25, -0.2) is 4.39 Å². The van der Waals surface area contributed by atoms with Crippen LogP contribution in [0.2, 0.25) is 0 Å². The number of halogens is 1. The highest BCUT2D eigenvalue weighted by atomic mass is 19.1. The summed E-state index contributed by atoms with van der Waals surface area (Å²) >= 11 is 0. The average Bonchev–Trinajstić information content (AvgIpc) is 2.80. The van der Waals surface area contributed by atoms with Crippen LogP contribution in [-0.2, 0) is 7.05 Å². The van der Waals surface area contributed by atoms with Crippen LogP contribution in [0.4, 0.5) is 4.39 Å². The molecule has 0 saturated carbocycles. The fraction of sp³-hybridized carbons (Fsp3) is 0.375. The number of amides is 1. The van der Waals surface area contributed by atoms with Crippen LogP contribution in [0, 0.1) is 11.7 Å². The normalized spacial score (nSPS) is 10.9. The topological polar surface area (TPSA) is 46.9 Å². The number of nitrogens with one attached hydrogen (secondary N) is 1. The molecule has 1 N–H and O–H groups in total. The van der Waals surface area contributed by atoms with Gasteiger partial charge in [-0.05, 0) is 30.5 Å². The lowest BCUT2D eigenvalue weighted by molar-refractivity contribution is 0.0942. The zero-order chi connectivity index (χ0) is 15.4. The zero-order valence-electron chi connectivity index (χ0n) is 12.6. The number of hydrogen-bond donors (Lipinski definition) is 1. The summed E-state index contributed by atoms with van der Waals surface area (Å²) in [5.41, 5.74) is 1.29. The van der Waals surface area contributed by atoms with Gasteiger partial charge in [0.2, 0.25) is 0 Å². The molecule has 1 aromatic heterocycles. The van der Waals surface area contributed by atoms with Gasteiger partial charge in [-0.3, -0.25) is 9.48 Å². The van der Waals surface area contributed by atoms with Crippen molar-refractivity contribution in [1.82, 2.24) is 15.1 Å². The van der Waals surface area contributed by atoms with E-state index >= 15 is 0 Å². The minimum absolute atomic E-state index is 0.187. The van der Waals surface area contributed by atoms with E-state index in [9.17, 15) is 9.18 Å². The monoisotopic (exact) mass is 289 g/mol. The highest BCUT2D eigenvalue weighted by Gasteiger charge is 2.15. The van der Waals surface area contributed by atoms with Crippen LogP contribution in [-0.4, -0.2) is 22.2 Å². The third-order valence-electron chi connectivity index (χ3n) is 3.27. The van der Waals surface area contributed by atoms with Crippen LogP contribution < -0.4 is 5.32 Å². The summed E-state index contributed by atoms with van der Waals surface area (Å²) in [5, 5.41) is 7.08. The second-order valence-corrected chi connectivity index (χ2v) is 5.46. The van der Waals surface area contributed by atoms with Gasteiger partial charge in [0.05, 0.1) is 5.69 Å². The van der Waals surface area contributed by atoms with E-state index in [4.69, 9.17) is 0 Å². The Morgan fingerprint density at radius 1 is 1.38 bits per heavy atom. The Hall–Kier alpha value is -2.17. The van der Waals surface area contributed by atoms with Crippen LogP contribution in [0.5, 0.6) is 0 Å². The van der Waals surface area contributed by atoms with Crippen molar-refractivity contribution in [2.45, 2.75) is 20.3 Å². The number of rotatable bonds is 5. The van der Waals surface area contributed by atoms with Crippen LogP contribution in [0.15, 0.2) is 30.3 Å². The van der Waals surface area contributed by atoms with Crippen LogP contribution in [0.25, 0.3) is 11.3 Å². The predicted octanol–water partition coefficient (Wildman–Crippen LogP) is 3.00. The maximum absolute atomic E-state index is 13.8. The number of nitrogens with zero attached hydrogens (tertiary/aromatic N) is 2. The Morgan fingerprint density at radius 2 is 2.10 bits per heavy atom. The highest BCUT2D eigenvalue weighted by molar-refractivity contribution is 5.93. The summed E-state index contributed by atoms with van der Waals surface area (Å²) in [4.78, 5) is 12.1. The molecule has 0 aliphatic heterocycles. The van der Waals surface area contributed by atoms with Gasteiger partial charge in [-0.1, -0.05) is 26.0 Å². The van der Waals surface area contributed by atoms with E-state index < -0.39 is 0 Å². The molecule has 1 amide bonds. The molecule has 0 spiro atoms. The summed E-state index contributed by atoms with van der Waals surface area (Å²) in [5.74, 6) is 0.00131. The van der Waals surface area contributed by atoms with Crippen molar-refractivity contribution < 1.29 is 9.18 Å². The molecule has 4 nitrogen and oxygen atoms in total. The molecule has 0 radical (unpaired) electrons. The van der Waals surface area contributed by atoms with E-state index in [1.165, 1.54) is 10.7 Å². The van der Waals surface area contributed by atoms with E-state index in [0.29, 0.717) is 29.4 Å². The number of aryl methyl sites for hydroxylation is 1. The third kappa shape index (κ3) is 3.68. The minimum Gasteiger partial charge on any atom is -0.351 e. The van der Waals surface area contributed by atoms with Crippen molar-refractivity contribution in [1.29, 1.82) is 0 Å². The molecule has 0 aliphatic carbocycles. The van der Waals surface area contributed by atoms with Gasteiger partial charge in [-0.2, -0.15) is 5.10 Å². The summed E-state index contributed by atoms with van der Waals surface area (Å²) in [6, 6.07) is 8.02. The molecule has 0 bridgehead atoms. The molecule has 5 heteroatoms. The molecule has 0 unspecified atom stereocenters. The molecule has 1 aromatic carbocycles. The summed E-state index contributed by atoms with van der Waals surface area (Å²) < 4.78 is 15.2. The number of carbonyl (C=O) groups is 1. The van der Waals surface area contributed by atoms with Crippen LogP contribution >= 0.6 is 0 Å². The molecular weight excluding hydrogens is 269 g/mol. The highest BCUT2D eigenvalue weighted by Crippen LogP contribution is 2.21. The van der Waals surface area contributed by atoms with Crippen LogP contribution in [0.1, 0.15) is 30.8 Å². The predicted molar refractivity (Wildman–Crippen MR) is 80.4 cm³/mol. The van der Waals surface area contributed by atoms with Crippen molar-refractivity contribution >= 4 is 5.91 Å². The molecule has 112 valence electrons. The van der Waals surface area contributed by atoms with Crippen LogP contribution in [0.3, 0.4) is 0 Å². The fourth-order valence-electron chi connectivity index (χ4n) is 2.05. The Labute approximate surface area is 124 Å². The summed E-state index contributed by atoms with van der Waals surface area (Å²) in [6.07, 6.45) is 0.920. The quantitative estimate of drug-likeness (QED) is 0.919. The summed E-state index contributed by atoms with van der Waals surface area (Å²) in [6.45, 7) is 4.83. The lowest BCUT2D eigenvalue weighted by Crippen LogP contribution is -2.27. The molecule has 0 fully saturated rings. The Morgan fingerprint density at radius 3 is 2.76 bits per heavy atom. The smallest absolute Gasteiger partial charge is 0.269 e. The number of aromatic nitrogens is 2. The van der Waals surface area contributed by atoms with Crippen molar-refractivity contribution in [3.05, 3.63) is 41.8 Å². The number of carbonyl (C=O) groups excluding carboxylic acids is 1. The Bertz CT molecular complexity index is 634. The standard InChI is InChI=1S/C16H20FN3O/c1-11(2)8-9-18-16(21)15-10-14(19-20(15)3)12-6-4-5-7-13(12)17/h4-7,10-11H,8-9H2,1-3H3,(H,18,21). The first-order valence-corrected chi connectivity index (χ1v) is 7.06. The minimum atomic E-state index is -0.345. The van der Waals surface area contributed by atoms with Gasteiger partial charge in [0, 0.05) is 19.2 Å². The second kappa shape index (κ2) is 6.52. The molecular formula is C16H20FN3O. The van der Waals surface area contributed by atoms with E-state index in [1.54, 1.807) is 31.3 Å². The average molecular weight is 289 g/mol. The maximum atomic E-state index is 13.8. The molecule has 2 aromatic rings. The molecule has 0 aliphatic rings. The third-order valence-corrected chi connectivity index (χ3v) is 3.27. The van der Waals surface area contributed by atoms with Gasteiger partial charge in [0.25, 0.3) is 5.91 Å². The molecule has 0 atom stereocenters. The first kappa shape index (κ1) is 15.2. The maximum Gasteiger partial charge on any atom is 0.269 e. The van der Waals surface area contributed by atoms with E-state index in [2.05, 4.69) is 24.3 Å². The fourth-order valence-corrected chi connectivity index (χ4v) is 2.05. The van der Waals surface area contributed by atoms with E-state index in [0.717, 1.165) is 6.42 Å². The van der Waals surface area contributed by atoms with Crippen molar-refractivity contribution in [2.24, 2.45) is 13.0 Å². The van der Waals surface area contributed by atoms with Crippen molar-refractivity contribution in [3.8, 4) is 11.3 Å². The molecule has 1 heterocycles. The molecule has 21 heavy (non-hydrogen) atoms. The second-order valence-electron chi connectivity index (χ2n) is 5.46. The first-order valence-electron chi connectivity index (χ1n) is 7.06. The lowest BCUT2D eigenvalue weighted by Gasteiger charge is -2.06. The van der Waals surface area contributed by atoms with E-state index in [1.807, 2.05) is 0 Å². The van der Waals surface area contributed by atoms with Gasteiger partial charge in [0.15, 0.2) is 0 Å².